The highest BCUT2D eigenvalue weighted by Crippen LogP contribution is 2.40. The quantitative estimate of drug-likeness (QED) is 0.421. The molecule has 10 nitrogen and oxygen atoms in total. The Morgan fingerprint density at radius 1 is 1.38 bits per heavy atom. The number of anilines is 2. The number of imidazole rings is 1. The van der Waals surface area contributed by atoms with Gasteiger partial charge in [-0.2, -0.15) is 0 Å². The van der Waals surface area contributed by atoms with Crippen molar-refractivity contribution in [1.29, 1.82) is 0 Å². The van der Waals surface area contributed by atoms with E-state index in [2.05, 4.69) is 15.2 Å². The lowest BCUT2D eigenvalue weighted by Crippen LogP contribution is -2.44. The van der Waals surface area contributed by atoms with Crippen molar-refractivity contribution in [1.82, 2.24) is 19.7 Å². The minimum atomic E-state index is -1.65. The third-order valence-corrected chi connectivity index (χ3v) is 3.73. The van der Waals surface area contributed by atoms with Crippen LogP contribution >= 0.6 is 0 Å². The maximum absolute atomic E-state index is 10.5. The number of nitrogens with two attached hydrogens (primary N) is 2. The van der Waals surface area contributed by atoms with Gasteiger partial charge in [-0.05, 0) is 6.92 Å². The number of nitrogen functional groups attached to an aromatic ring is 2. The Hall–Kier alpha value is -2.01. The molecule has 2 aromatic heterocycles. The van der Waals surface area contributed by atoms with Crippen LogP contribution in [-0.4, -0.2) is 59.5 Å². The van der Waals surface area contributed by atoms with Crippen LogP contribution in [0.15, 0.2) is 6.33 Å². The molecule has 10 heteroatoms. The molecule has 7 N–H and O–H groups in total. The highest BCUT2D eigenvalue weighted by Gasteiger charge is 2.53. The number of aromatic nitrogens is 4. The van der Waals surface area contributed by atoms with E-state index >= 15 is 0 Å². The fourth-order valence-corrected chi connectivity index (χ4v) is 2.57. The number of fused-ring (bicyclic) bond motifs is 1. The minimum Gasteiger partial charge on any atom is -0.394 e. The molecule has 0 unspecified atom stereocenters. The molecule has 2 aromatic rings. The van der Waals surface area contributed by atoms with Gasteiger partial charge in [-0.1, -0.05) is 0 Å². The van der Waals surface area contributed by atoms with Crippen molar-refractivity contribution in [2.45, 2.75) is 31.0 Å². The summed E-state index contributed by atoms with van der Waals surface area (Å²) in [6, 6.07) is 0. The summed E-state index contributed by atoms with van der Waals surface area (Å²) >= 11 is 0. The van der Waals surface area contributed by atoms with E-state index in [0.29, 0.717) is 11.0 Å². The highest BCUT2D eigenvalue weighted by atomic mass is 16.6. The van der Waals surface area contributed by atoms with E-state index in [1.807, 2.05) is 0 Å². The molecule has 4 atom stereocenters. The SMILES string of the molecule is C[C@@]1(O)[C@H](O)[C@@H](CO)O[C@H]1n1cnc2c(N)nnc(N)c21. The Labute approximate surface area is 119 Å². The van der Waals surface area contributed by atoms with Gasteiger partial charge in [0.2, 0.25) is 0 Å². The first-order valence-electron chi connectivity index (χ1n) is 6.28. The third kappa shape index (κ3) is 1.84. The Morgan fingerprint density at radius 2 is 2.05 bits per heavy atom. The standard InChI is InChI=1S/C11H16N6O4/c1-11(20)7(19)4(2-18)21-10(11)17-3-14-5-6(17)9(13)16-15-8(5)12/h3-4,7,10,18-20H,2H2,1H3,(H2,12,15)(H2,13,16)/t4-,7-,10-,11-/m1/s1. The van der Waals surface area contributed by atoms with E-state index < -0.39 is 30.6 Å². The second kappa shape index (κ2) is 4.49. The zero-order valence-corrected chi connectivity index (χ0v) is 11.2. The molecule has 3 heterocycles. The lowest BCUT2D eigenvalue weighted by molar-refractivity contribution is -0.0948. The van der Waals surface area contributed by atoms with Gasteiger partial charge in [0.1, 0.15) is 28.8 Å². The topological polar surface area (TPSA) is 166 Å². The van der Waals surface area contributed by atoms with Crippen LogP contribution < -0.4 is 11.5 Å². The lowest BCUT2D eigenvalue weighted by atomic mass is 9.96. The van der Waals surface area contributed by atoms with Crippen LogP contribution in [0.5, 0.6) is 0 Å². The number of hydrogen-bond acceptors (Lipinski definition) is 9. The maximum Gasteiger partial charge on any atom is 0.174 e. The summed E-state index contributed by atoms with van der Waals surface area (Å²) in [5, 5.41) is 37.1. The molecule has 0 radical (unpaired) electrons. The van der Waals surface area contributed by atoms with Gasteiger partial charge in [-0.3, -0.25) is 4.57 Å². The molecule has 21 heavy (non-hydrogen) atoms. The normalized spacial score (nSPS) is 32.9. The Kier molecular flexibility index (Phi) is 2.99. The van der Waals surface area contributed by atoms with Crippen molar-refractivity contribution < 1.29 is 20.1 Å². The van der Waals surface area contributed by atoms with E-state index in [0.717, 1.165) is 0 Å². The van der Waals surface area contributed by atoms with Crippen LogP contribution in [0.3, 0.4) is 0 Å². The molecular weight excluding hydrogens is 280 g/mol. The van der Waals surface area contributed by atoms with Crippen LogP contribution in [-0.2, 0) is 4.74 Å². The molecule has 3 rings (SSSR count). The molecule has 1 aliphatic rings. The fraction of sp³-hybridized carbons (Fsp3) is 0.545. The summed E-state index contributed by atoms with van der Waals surface area (Å²) in [5.41, 5.74) is 10.5. The summed E-state index contributed by atoms with van der Waals surface area (Å²) in [5.74, 6) is 0.160. The number of ether oxygens (including phenoxy) is 1. The van der Waals surface area contributed by atoms with Gasteiger partial charge < -0.3 is 31.5 Å². The second-order valence-corrected chi connectivity index (χ2v) is 5.20. The number of aliphatic hydroxyl groups excluding tert-OH is 2. The highest BCUT2D eigenvalue weighted by molar-refractivity contribution is 5.91. The molecular formula is C11H16N6O4. The first kappa shape index (κ1) is 13.9. The van der Waals surface area contributed by atoms with Gasteiger partial charge in [0, 0.05) is 0 Å². The fourth-order valence-electron chi connectivity index (χ4n) is 2.57. The lowest BCUT2D eigenvalue weighted by Gasteiger charge is -2.27. The average Bonchev–Trinajstić information content (AvgIpc) is 2.97. The first-order valence-corrected chi connectivity index (χ1v) is 6.28. The van der Waals surface area contributed by atoms with Crippen molar-refractivity contribution >= 4 is 22.7 Å². The molecule has 1 fully saturated rings. The van der Waals surface area contributed by atoms with Gasteiger partial charge in [0.15, 0.2) is 17.9 Å². The van der Waals surface area contributed by atoms with Gasteiger partial charge in [0.05, 0.1) is 12.9 Å². The van der Waals surface area contributed by atoms with E-state index in [1.165, 1.54) is 17.8 Å². The van der Waals surface area contributed by atoms with Crippen molar-refractivity contribution in [3.05, 3.63) is 6.33 Å². The Morgan fingerprint density at radius 3 is 2.67 bits per heavy atom. The number of hydrogen-bond donors (Lipinski definition) is 5. The molecule has 0 saturated carbocycles. The first-order chi connectivity index (χ1) is 9.87. The Bertz CT molecular complexity index is 687. The van der Waals surface area contributed by atoms with Crippen LogP contribution in [0.4, 0.5) is 11.6 Å². The van der Waals surface area contributed by atoms with Crippen LogP contribution in [0.25, 0.3) is 11.0 Å². The van der Waals surface area contributed by atoms with Crippen LogP contribution in [0, 0.1) is 0 Å². The average molecular weight is 296 g/mol. The van der Waals surface area contributed by atoms with E-state index in [9.17, 15) is 15.3 Å². The molecule has 1 saturated heterocycles. The summed E-state index contributed by atoms with van der Waals surface area (Å²) in [7, 11) is 0. The number of aliphatic hydroxyl groups is 3. The molecule has 0 bridgehead atoms. The van der Waals surface area contributed by atoms with E-state index in [1.54, 1.807) is 0 Å². The van der Waals surface area contributed by atoms with Gasteiger partial charge >= 0.3 is 0 Å². The van der Waals surface area contributed by atoms with E-state index in [-0.39, 0.29) is 11.6 Å². The van der Waals surface area contributed by atoms with E-state index in [4.69, 9.17) is 16.2 Å². The van der Waals surface area contributed by atoms with Crippen molar-refractivity contribution in [3.8, 4) is 0 Å². The summed E-state index contributed by atoms with van der Waals surface area (Å²) in [4.78, 5) is 4.09. The third-order valence-electron chi connectivity index (χ3n) is 3.73. The van der Waals surface area contributed by atoms with Crippen LogP contribution in [0.2, 0.25) is 0 Å². The number of nitrogens with zero attached hydrogens (tertiary/aromatic N) is 4. The van der Waals surface area contributed by atoms with Crippen molar-refractivity contribution in [2.24, 2.45) is 0 Å². The van der Waals surface area contributed by atoms with Gasteiger partial charge in [-0.15, -0.1) is 10.2 Å². The smallest absolute Gasteiger partial charge is 0.174 e. The predicted molar refractivity (Wildman–Crippen MR) is 71.8 cm³/mol. The van der Waals surface area contributed by atoms with Crippen LogP contribution in [0.1, 0.15) is 13.2 Å². The predicted octanol–water partition coefficient (Wildman–Crippen LogP) is -2.01. The van der Waals surface area contributed by atoms with Gasteiger partial charge in [0.25, 0.3) is 0 Å². The number of rotatable bonds is 2. The minimum absolute atomic E-state index is 0.0676. The van der Waals surface area contributed by atoms with Crippen molar-refractivity contribution in [2.75, 3.05) is 18.1 Å². The Balaban J connectivity index is 2.15. The monoisotopic (exact) mass is 296 g/mol. The molecule has 114 valence electrons. The summed E-state index contributed by atoms with van der Waals surface area (Å²) < 4.78 is 6.94. The maximum atomic E-state index is 10.5. The second-order valence-electron chi connectivity index (χ2n) is 5.20. The molecule has 0 aromatic carbocycles. The van der Waals surface area contributed by atoms with Crippen molar-refractivity contribution in [3.63, 3.8) is 0 Å². The molecule has 0 spiro atoms. The largest absolute Gasteiger partial charge is 0.394 e. The molecule has 0 aliphatic carbocycles. The summed E-state index contributed by atoms with van der Waals surface area (Å²) in [6.45, 7) is 0.968. The van der Waals surface area contributed by atoms with Gasteiger partial charge in [-0.25, -0.2) is 4.98 Å². The molecule has 0 amide bonds. The summed E-state index contributed by atoms with van der Waals surface area (Å²) in [6.07, 6.45) is -1.82. The molecule has 1 aliphatic heterocycles. The zero-order valence-electron chi connectivity index (χ0n) is 11.2. The zero-order chi connectivity index (χ0) is 15.4.